The molecule has 0 bridgehead atoms. The molecular formula is C25H26BrN3. The van der Waals surface area contributed by atoms with E-state index >= 15 is 0 Å². The molecule has 1 saturated heterocycles. The van der Waals surface area contributed by atoms with E-state index in [2.05, 4.69) is 97.6 Å². The monoisotopic (exact) mass is 447 g/mol. The summed E-state index contributed by atoms with van der Waals surface area (Å²) in [6.07, 6.45) is 6.10. The molecule has 5 rings (SSSR count). The molecule has 0 spiro atoms. The van der Waals surface area contributed by atoms with Gasteiger partial charge in [0.05, 0.1) is 5.54 Å². The van der Waals surface area contributed by atoms with Crippen molar-refractivity contribution in [3.8, 4) is 0 Å². The summed E-state index contributed by atoms with van der Waals surface area (Å²) in [4.78, 5) is 9.82. The van der Waals surface area contributed by atoms with Gasteiger partial charge >= 0.3 is 0 Å². The van der Waals surface area contributed by atoms with Crippen LogP contribution in [0.1, 0.15) is 22.3 Å². The average Bonchev–Trinajstić information content (AvgIpc) is 3.16. The number of aromatic nitrogens is 1. The molecule has 0 atom stereocenters. The molecular weight excluding hydrogens is 422 g/mol. The molecule has 29 heavy (non-hydrogen) atoms. The Morgan fingerprint density at radius 2 is 1.48 bits per heavy atom. The van der Waals surface area contributed by atoms with Gasteiger partial charge in [0.1, 0.15) is 0 Å². The first-order valence-electron chi connectivity index (χ1n) is 10.4. The van der Waals surface area contributed by atoms with Gasteiger partial charge in [-0.2, -0.15) is 0 Å². The molecule has 3 aromatic rings. The summed E-state index contributed by atoms with van der Waals surface area (Å²) in [7, 11) is 0. The molecule has 3 nitrogen and oxygen atoms in total. The summed E-state index contributed by atoms with van der Waals surface area (Å²) in [5.74, 6) is 0. The zero-order valence-electron chi connectivity index (χ0n) is 16.6. The number of pyridine rings is 1. The zero-order valence-corrected chi connectivity index (χ0v) is 18.2. The van der Waals surface area contributed by atoms with Gasteiger partial charge in [-0.3, -0.25) is 14.8 Å². The lowest BCUT2D eigenvalue weighted by Gasteiger charge is -2.46. The van der Waals surface area contributed by atoms with Crippen LogP contribution in [0.25, 0.3) is 0 Å². The molecule has 2 aliphatic rings. The summed E-state index contributed by atoms with van der Waals surface area (Å²) in [6.45, 7) is 5.43. The van der Waals surface area contributed by atoms with Crippen LogP contribution in [0.5, 0.6) is 0 Å². The van der Waals surface area contributed by atoms with E-state index in [4.69, 9.17) is 0 Å². The molecule has 0 saturated carbocycles. The molecule has 148 valence electrons. The van der Waals surface area contributed by atoms with Gasteiger partial charge in [0.25, 0.3) is 0 Å². The minimum absolute atomic E-state index is 0.0132. The quantitative estimate of drug-likeness (QED) is 0.579. The maximum absolute atomic E-state index is 4.52. The first-order chi connectivity index (χ1) is 14.2. The highest BCUT2D eigenvalue weighted by atomic mass is 79.9. The third kappa shape index (κ3) is 3.77. The summed E-state index contributed by atoms with van der Waals surface area (Å²) < 4.78 is 1.06. The number of hydrogen-bond donors (Lipinski definition) is 0. The maximum Gasteiger partial charge on any atom is 0.0558 e. The third-order valence-corrected chi connectivity index (χ3v) is 6.99. The van der Waals surface area contributed by atoms with E-state index in [0.29, 0.717) is 0 Å². The van der Waals surface area contributed by atoms with Crippen molar-refractivity contribution in [3.05, 3.63) is 99.8 Å². The van der Waals surface area contributed by atoms with Crippen LogP contribution in [-0.2, 0) is 24.9 Å². The van der Waals surface area contributed by atoms with Gasteiger partial charge in [-0.15, -0.1) is 0 Å². The minimum atomic E-state index is 0.0132. The van der Waals surface area contributed by atoms with Crippen LogP contribution < -0.4 is 0 Å². The van der Waals surface area contributed by atoms with Gasteiger partial charge in [0.2, 0.25) is 0 Å². The second-order valence-electron chi connectivity index (χ2n) is 8.29. The molecule has 2 heterocycles. The number of nitrogens with zero attached hydrogens (tertiary/aromatic N) is 3. The number of fused-ring (bicyclic) bond motifs is 1. The normalized spacial score (nSPS) is 19.2. The van der Waals surface area contributed by atoms with Gasteiger partial charge in [-0.05, 0) is 57.1 Å². The Labute approximate surface area is 181 Å². The maximum atomic E-state index is 4.52. The topological polar surface area (TPSA) is 19.4 Å². The fraction of sp³-hybridized carbons (Fsp3) is 0.320. The van der Waals surface area contributed by atoms with Crippen LogP contribution in [0.3, 0.4) is 0 Å². The Hall–Kier alpha value is -2.01. The molecule has 1 aromatic heterocycles. The Kier molecular flexibility index (Phi) is 5.25. The second-order valence-corrected chi connectivity index (χ2v) is 9.21. The zero-order chi connectivity index (χ0) is 19.7. The van der Waals surface area contributed by atoms with E-state index in [1.165, 1.54) is 22.3 Å². The van der Waals surface area contributed by atoms with E-state index < -0.39 is 0 Å². The largest absolute Gasteiger partial charge is 0.297 e. The molecule has 0 N–H and O–H groups in total. The van der Waals surface area contributed by atoms with Crippen molar-refractivity contribution >= 4 is 15.9 Å². The van der Waals surface area contributed by atoms with Crippen LogP contribution >= 0.6 is 15.9 Å². The lowest BCUT2D eigenvalue weighted by molar-refractivity contribution is 0.0314. The highest BCUT2D eigenvalue weighted by Crippen LogP contribution is 2.43. The van der Waals surface area contributed by atoms with Crippen LogP contribution in [-0.4, -0.2) is 41.0 Å². The van der Waals surface area contributed by atoms with Crippen molar-refractivity contribution in [1.29, 1.82) is 0 Å². The molecule has 0 amide bonds. The molecule has 1 fully saturated rings. The Morgan fingerprint density at radius 1 is 0.828 bits per heavy atom. The van der Waals surface area contributed by atoms with E-state index in [1.54, 1.807) is 0 Å². The number of hydrogen-bond acceptors (Lipinski definition) is 3. The Bertz CT molecular complexity index is 955. The van der Waals surface area contributed by atoms with Crippen molar-refractivity contribution < 1.29 is 0 Å². The smallest absolute Gasteiger partial charge is 0.0558 e. The molecule has 0 unspecified atom stereocenters. The summed E-state index contributed by atoms with van der Waals surface area (Å²) in [5.41, 5.74) is 5.72. The second kappa shape index (κ2) is 8.02. The van der Waals surface area contributed by atoms with Crippen LogP contribution in [0.2, 0.25) is 0 Å². The predicted octanol–water partition coefficient (Wildman–Crippen LogP) is 4.66. The van der Waals surface area contributed by atoms with Gasteiger partial charge in [-0.25, -0.2) is 0 Å². The summed E-state index contributed by atoms with van der Waals surface area (Å²) >= 11 is 3.65. The van der Waals surface area contributed by atoms with E-state index in [1.807, 2.05) is 6.20 Å². The molecule has 4 heteroatoms. The average molecular weight is 448 g/mol. The molecule has 2 aromatic carbocycles. The van der Waals surface area contributed by atoms with Crippen molar-refractivity contribution in [2.75, 3.05) is 26.2 Å². The van der Waals surface area contributed by atoms with Gasteiger partial charge < -0.3 is 0 Å². The fourth-order valence-electron chi connectivity index (χ4n) is 5.05. The lowest BCUT2D eigenvalue weighted by Crippen LogP contribution is -2.56. The van der Waals surface area contributed by atoms with Crippen molar-refractivity contribution in [2.45, 2.75) is 24.9 Å². The van der Waals surface area contributed by atoms with Crippen molar-refractivity contribution in [1.82, 2.24) is 14.8 Å². The number of benzene rings is 2. The Balaban J connectivity index is 1.39. The third-order valence-electron chi connectivity index (χ3n) is 6.55. The lowest BCUT2D eigenvalue weighted by atomic mass is 9.85. The SMILES string of the molecule is Brc1cncc(C2(N3CCN(Cc4ccccc4)CC3)Cc3ccccc3C2)c1. The van der Waals surface area contributed by atoms with Crippen molar-refractivity contribution in [2.24, 2.45) is 0 Å². The van der Waals surface area contributed by atoms with Crippen LogP contribution in [0.15, 0.2) is 77.5 Å². The molecule has 1 aliphatic heterocycles. The predicted molar refractivity (Wildman–Crippen MR) is 121 cm³/mol. The fourth-order valence-corrected chi connectivity index (χ4v) is 5.41. The van der Waals surface area contributed by atoms with Crippen LogP contribution in [0, 0.1) is 0 Å². The van der Waals surface area contributed by atoms with E-state index in [0.717, 1.165) is 50.0 Å². The number of halogens is 1. The summed E-state index contributed by atoms with van der Waals surface area (Å²) in [5, 5.41) is 0. The summed E-state index contributed by atoms with van der Waals surface area (Å²) in [6, 6.07) is 22.0. The number of rotatable bonds is 4. The van der Waals surface area contributed by atoms with Crippen LogP contribution in [0.4, 0.5) is 0 Å². The first kappa shape index (κ1) is 19.0. The van der Waals surface area contributed by atoms with Gasteiger partial charge in [-0.1, -0.05) is 54.6 Å². The van der Waals surface area contributed by atoms with Crippen molar-refractivity contribution in [3.63, 3.8) is 0 Å². The first-order valence-corrected chi connectivity index (χ1v) is 11.2. The van der Waals surface area contributed by atoms with Gasteiger partial charge in [0.15, 0.2) is 0 Å². The minimum Gasteiger partial charge on any atom is -0.297 e. The van der Waals surface area contributed by atoms with Gasteiger partial charge in [0, 0.05) is 49.6 Å². The molecule has 1 aliphatic carbocycles. The Morgan fingerprint density at radius 3 is 2.14 bits per heavy atom. The number of piperazine rings is 1. The van der Waals surface area contributed by atoms with E-state index in [-0.39, 0.29) is 5.54 Å². The molecule has 0 radical (unpaired) electrons. The highest BCUT2D eigenvalue weighted by Gasteiger charge is 2.44. The van der Waals surface area contributed by atoms with E-state index in [9.17, 15) is 0 Å². The highest BCUT2D eigenvalue weighted by molar-refractivity contribution is 9.10. The standard InChI is InChI=1S/C25H26BrN3/c26-24-14-23(17-27-18-24)25(15-21-8-4-5-9-22(21)16-25)29-12-10-28(11-13-29)19-20-6-2-1-3-7-20/h1-9,14,17-18H,10-13,15-16,19H2.